The Kier molecular flexibility index (Phi) is 7.11. The van der Waals surface area contributed by atoms with Crippen molar-refractivity contribution >= 4 is 0 Å². The van der Waals surface area contributed by atoms with Crippen molar-refractivity contribution in [1.29, 1.82) is 0 Å². The van der Waals surface area contributed by atoms with E-state index in [9.17, 15) is 5.11 Å². The van der Waals surface area contributed by atoms with Crippen LogP contribution in [0.1, 0.15) is 60.3 Å². The van der Waals surface area contributed by atoms with Gasteiger partial charge in [-0.15, -0.1) is 0 Å². The van der Waals surface area contributed by atoms with E-state index in [1.807, 2.05) is 13.8 Å². The molecular weight excluding hydrogens is 266 g/mol. The van der Waals surface area contributed by atoms with Crippen LogP contribution in [0.4, 0.5) is 0 Å². The first-order chi connectivity index (χ1) is 9.64. The molecule has 0 bridgehead atoms. The topological polar surface area (TPSA) is 61.7 Å². The minimum Gasteiger partial charge on any atom is -0.394 e. The van der Waals surface area contributed by atoms with Crippen LogP contribution in [0.3, 0.4) is 0 Å². The van der Waals surface area contributed by atoms with Crippen LogP contribution in [0, 0.1) is 11.3 Å². The number of aliphatic hydroxyl groups is 2. The first-order valence-corrected chi connectivity index (χ1v) is 8.29. The maximum absolute atomic E-state index is 9.95. The molecule has 1 saturated carbocycles. The molecule has 1 fully saturated rings. The highest BCUT2D eigenvalue weighted by Crippen LogP contribution is 2.38. The standard InChI is InChI=1S/C17H35NO3/c1-16(2,3)13-6-8-15(9-7-13)21-11-14(20)10-18-17(4,5)12-19/h13-15,18-20H,6-12H2,1-5H3. The van der Waals surface area contributed by atoms with E-state index in [2.05, 4.69) is 26.1 Å². The average Bonchev–Trinajstić information content (AvgIpc) is 2.42. The van der Waals surface area contributed by atoms with Gasteiger partial charge in [0.1, 0.15) is 0 Å². The second kappa shape index (κ2) is 7.91. The number of ether oxygens (including phenoxy) is 1. The fraction of sp³-hybridized carbons (Fsp3) is 1.00. The monoisotopic (exact) mass is 301 g/mol. The van der Waals surface area contributed by atoms with Crippen LogP contribution in [-0.2, 0) is 4.74 Å². The van der Waals surface area contributed by atoms with Gasteiger partial charge in [-0.2, -0.15) is 0 Å². The van der Waals surface area contributed by atoms with Crippen LogP contribution in [0.25, 0.3) is 0 Å². The molecule has 0 heterocycles. The van der Waals surface area contributed by atoms with E-state index in [4.69, 9.17) is 9.84 Å². The Labute approximate surface area is 130 Å². The van der Waals surface area contributed by atoms with Crippen molar-refractivity contribution in [1.82, 2.24) is 5.32 Å². The summed E-state index contributed by atoms with van der Waals surface area (Å²) in [6.07, 6.45) is 4.43. The molecule has 0 aromatic carbocycles. The van der Waals surface area contributed by atoms with E-state index in [0.29, 0.717) is 24.7 Å². The van der Waals surface area contributed by atoms with Crippen LogP contribution in [0.15, 0.2) is 0 Å². The highest BCUT2D eigenvalue weighted by atomic mass is 16.5. The van der Waals surface area contributed by atoms with Gasteiger partial charge in [0.25, 0.3) is 0 Å². The zero-order valence-corrected chi connectivity index (χ0v) is 14.5. The summed E-state index contributed by atoms with van der Waals surface area (Å²) in [5, 5.41) is 22.2. The first-order valence-electron chi connectivity index (χ1n) is 8.29. The van der Waals surface area contributed by atoms with E-state index < -0.39 is 6.10 Å². The second-order valence-corrected chi connectivity index (χ2v) is 8.25. The lowest BCUT2D eigenvalue weighted by atomic mass is 9.72. The number of β-amino-alcohol motifs (C(OH)–C–C–N with tert-alkyl or cyclic N) is 1. The smallest absolute Gasteiger partial charge is 0.0898 e. The van der Waals surface area contributed by atoms with Gasteiger partial charge < -0.3 is 20.3 Å². The molecule has 1 rings (SSSR count). The van der Waals surface area contributed by atoms with E-state index >= 15 is 0 Å². The normalized spacial score (nSPS) is 25.9. The quantitative estimate of drug-likeness (QED) is 0.675. The lowest BCUT2D eigenvalue weighted by Crippen LogP contribution is -2.47. The first kappa shape index (κ1) is 18.9. The molecule has 0 aliphatic heterocycles. The zero-order chi connectivity index (χ0) is 16.1. The fourth-order valence-corrected chi connectivity index (χ4v) is 2.85. The maximum atomic E-state index is 9.95. The third kappa shape index (κ3) is 7.09. The summed E-state index contributed by atoms with van der Waals surface area (Å²) in [6.45, 7) is 11.6. The van der Waals surface area contributed by atoms with Crippen LogP contribution in [0.2, 0.25) is 0 Å². The predicted molar refractivity (Wildman–Crippen MR) is 86.3 cm³/mol. The van der Waals surface area contributed by atoms with Gasteiger partial charge in [0.15, 0.2) is 0 Å². The molecule has 3 N–H and O–H groups in total. The van der Waals surface area contributed by atoms with Crippen molar-refractivity contribution in [3.05, 3.63) is 0 Å². The van der Waals surface area contributed by atoms with E-state index in [-0.39, 0.29) is 12.1 Å². The average molecular weight is 301 g/mol. The maximum Gasteiger partial charge on any atom is 0.0898 e. The Morgan fingerprint density at radius 1 is 1.10 bits per heavy atom. The number of rotatable bonds is 7. The number of hydrogen-bond acceptors (Lipinski definition) is 4. The van der Waals surface area contributed by atoms with Gasteiger partial charge in [0.2, 0.25) is 0 Å². The molecule has 1 aliphatic carbocycles. The molecule has 1 atom stereocenters. The van der Waals surface area contributed by atoms with Gasteiger partial charge in [-0.3, -0.25) is 0 Å². The van der Waals surface area contributed by atoms with E-state index in [1.54, 1.807) is 0 Å². The Morgan fingerprint density at radius 2 is 1.67 bits per heavy atom. The third-order valence-corrected chi connectivity index (χ3v) is 4.63. The molecule has 0 saturated heterocycles. The van der Waals surface area contributed by atoms with Crippen LogP contribution < -0.4 is 5.32 Å². The molecule has 4 nitrogen and oxygen atoms in total. The SMILES string of the molecule is CC(C)(CO)NCC(O)COC1CCC(C(C)(C)C)CC1. The summed E-state index contributed by atoms with van der Waals surface area (Å²) in [7, 11) is 0. The molecule has 0 radical (unpaired) electrons. The molecule has 21 heavy (non-hydrogen) atoms. The van der Waals surface area contributed by atoms with Crippen LogP contribution in [0.5, 0.6) is 0 Å². The van der Waals surface area contributed by atoms with Gasteiger partial charge in [-0.25, -0.2) is 0 Å². The van der Waals surface area contributed by atoms with Gasteiger partial charge in [-0.05, 0) is 50.9 Å². The minimum absolute atomic E-state index is 0.0530. The number of aliphatic hydroxyl groups excluding tert-OH is 2. The lowest BCUT2D eigenvalue weighted by Gasteiger charge is -2.37. The molecule has 0 spiro atoms. The molecule has 4 heteroatoms. The van der Waals surface area contributed by atoms with Crippen molar-refractivity contribution in [3.8, 4) is 0 Å². The number of nitrogens with one attached hydrogen (secondary N) is 1. The molecule has 1 unspecified atom stereocenters. The van der Waals surface area contributed by atoms with Crippen molar-refractivity contribution in [2.75, 3.05) is 19.8 Å². The van der Waals surface area contributed by atoms with Gasteiger partial charge in [0, 0.05) is 12.1 Å². The van der Waals surface area contributed by atoms with Crippen molar-refractivity contribution < 1.29 is 14.9 Å². The summed E-state index contributed by atoms with van der Waals surface area (Å²) in [5.41, 5.74) is 0.0377. The zero-order valence-electron chi connectivity index (χ0n) is 14.5. The summed E-state index contributed by atoms with van der Waals surface area (Å²) in [5.74, 6) is 0.786. The minimum atomic E-state index is -0.517. The molecule has 0 aromatic rings. The Bertz CT molecular complexity index is 291. The molecule has 0 aromatic heterocycles. The van der Waals surface area contributed by atoms with E-state index in [1.165, 1.54) is 12.8 Å². The van der Waals surface area contributed by atoms with Crippen LogP contribution in [-0.4, -0.2) is 47.7 Å². The van der Waals surface area contributed by atoms with Crippen LogP contribution >= 0.6 is 0 Å². The van der Waals surface area contributed by atoms with Crippen molar-refractivity contribution in [3.63, 3.8) is 0 Å². The molecule has 0 amide bonds. The lowest BCUT2D eigenvalue weighted by molar-refractivity contribution is -0.0378. The summed E-state index contributed by atoms with van der Waals surface area (Å²) in [4.78, 5) is 0. The molecule has 126 valence electrons. The summed E-state index contributed by atoms with van der Waals surface area (Å²) < 4.78 is 5.85. The van der Waals surface area contributed by atoms with Gasteiger partial charge >= 0.3 is 0 Å². The largest absolute Gasteiger partial charge is 0.394 e. The van der Waals surface area contributed by atoms with Crippen molar-refractivity contribution in [2.24, 2.45) is 11.3 Å². The highest BCUT2D eigenvalue weighted by molar-refractivity contribution is 4.81. The molecule has 1 aliphatic rings. The Hall–Kier alpha value is -0.160. The summed E-state index contributed by atoms with van der Waals surface area (Å²) in [6, 6.07) is 0. The van der Waals surface area contributed by atoms with Crippen molar-refractivity contribution in [2.45, 2.75) is 78.0 Å². The second-order valence-electron chi connectivity index (χ2n) is 8.25. The third-order valence-electron chi connectivity index (χ3n) is 4.63. The summed E-state index contributed by atoms with van der Waals surface area (Å²) >= 11 is 0. The van der Waals surface area contributed by atoms with Gasteiger partial charge in [-0.1, -0.05) is 20.8 Å². The molecular formula is C17H35NO3. The van der Waals surface area contributed by atoms with E-state index in [0.717, 1.165) is 18.8 Å². The Balaban J connectivity index is 2.19. The number of hydrogen-bond donors (Lipinski definition) is 3. The van der Waals surface area contributed by atoms with Gasteiger partial charge in [0.05, 0.1) is 25.4 Å². The fourth-order valence-electron chi connectivity index (χ4n) is 2.85. The predicted octanol–water partition coefficient (Wildman–Crippen LogP) is 2.33. The highest BCUT2D eigenvalue weighted by Gasteiger charge is 2.30. The Morgan fingerprint density at radius 3 is 2.14 bits per heavy atom.